The molecule has 0 aliphatic heterocycles. The van der Waals surface area contributed by atoms with Gasteiger partial charge in [0.25, 0.3) is 0 Å². The standard InChI is InChI=1S/C22H28Cl2N2O4S/c1-15(26(31(5,28)29)19-14-16(23)10-11-18(19)24)21(27)25-12-13-30-20-9-7-6-8-17(20)22(2,3)4/h6-11,14-15H,12-13H2,1-5H3,(H,25,27)/t15-/m1/s1. The van der Waals surface area contributed by atoms with Crippen molar-refractivity contribution in [3.63, 3.8) is 0 Å². The summed E-state index contributed by atoms with van der Waals surface area (Å²) in [6.07, 6.45) is 1.01. The minimum atomic E-state index is -3.80. The van der Waals surface area contributed by atoms with Gasteiger partial charge in [-0.1, -0.05) is 62.2 Å². The molecule has 0 saturated heterocycles. The first kappa shape index (κ1) is 25.3. The lowest BCUT2D eigenvalue weighted by Crippen LogP contribution is -2.48. The largest absolute Gasteiger partial charge is 0.491 e. The van der Waals surface area contributed by atoms with E-state index in [1.54, 1.807) is 6.07 Å². The number of anilines is 1. The molecule has 0 fully saturated rings. The number of hydrogen-bond acceptors (Lipinski definition) is 4. The van der Waals surface area contributed by atoms with Crippen LogP contribution in [0.25, 0.3) is 0 Å². The number of sulfonamides is 1. The minimum absolute atomic E-state index is 0.0828. The van der Waals surface area contributed by atoms with Crippen LogP contribution >= 0.6 is 23.2 Å². The summed E-state index contributed by atoms with van der Waals surface area (Å²) < 4.78 is 31.6. The van der Waals surface area contributed by atoms with E-state index in [-0.39, 0.29) is 29.3 Å². The third-order valence-electron chi connectivity index (χ3n) is 4.59. The monoisotopic (exact) mass is 486 g/mol. The third kappa shape index (κ3) is 6.76. The smallest absolute Gasteiger partial charge is 0.243 e. The highest BCUT2D eigenvalue weighted by Crippen LogP contribution is 2.32. The molecule has 1 N–H and O–H groups in total. The molecule has 2 aromatic rings. The van der Waals surface area contributed by atoms with Crippen molar-refractivity contribution in [1.82, 2.24) is 5.32 Å². The molecular formula is C22H28Cl2N2O4S. The highest BCUT2D eigenvalue weighted by Gasteiger charge is 2.30. The van der Waals surface area contributed by atoms with Gasteiger partial charge in [0, 0.05) is 5.02 Å². The fraction of sp³-hybridized carbons (Fsp3) is 0.409. The Labute approximate surface area is 194 Å². The van der Waals surface area contributed by atoms with E-state index in [9.17, 15) is 13.2 Å². The van der Waals surface area contributed by atoms with Gasteiger partial charge in [-0.25, -0.2) is 8.42 Å². The molecule has 0 aliphatic carbocycles. The molecule has 31 heavy (non-hydrogen) atoms. The highest BCUT2D eigenvalue weighted by atomic mass is 35.5. The number of nitrogens with one attached hydrogen (secondary N) is 1. The van der Waals surface area contributed by atoms with Gasteiger partial charge >= 0.3 is 0 Å². The Bertz CT molecular complexity index is 1040. The number of para-hydroxylation sites is 1. The Morgan fingerprint density at radius 3 is 2.42 bits per heavy atom. The number of benzene rings is 2. The SMILES string of the molecule is C[C@H](C(=O)NCCOc1ccccc1C(C)(C)C)N(c1cc(Cl)ccc1Cl)S(C)(=O)=O. The van der Waals surface area contributed by atoms with Gasteiger partial charge in [0.15, 0.2) is 0 Å². The lowest BCUT2D eigenvalue weighted by Gasteiger charge is -2.29. The summed E-state index contributed by atoms with van der Waals surface area (Å²) in [6.45, 7) is 8.23. The molecule has 0 spiro atoms. The summed E-state index contributed by atoms with van der Waals surface area (Å²) in [5.41, 5.74) is 1.13. The molecular weight excluding hydrogens is 459 g/mol. The van der Waals surface area contributed by atoms with Crippen LogP contribution in [-0.2, 0) is 20.2 Å². The zero-order valence-corrected chi connectivity index (χ0v) is 20.6. The van der Waals surface area contributed by atoms with Crippen LogP contribution in [0.2, 0.25) is 10.0 Å². The number of amides is 1. The molecule has 0 aromatic heterocycles. The predicted molar refractivity (Wildman–Crippen MR) is 127 cm³/mol. The average Bonchev–Trinajstić information content (AvgIpc) is 2.66. The van der Waals surface area contributed by atoms with E-state index >= 15 is 0 Å². The van der Waals surface area contributed by atoms with Gasteiger partial charge < -0.3 is 10.1 Å². The number of carbonyl (C=O) groups is 1. The minimum Gasteiger partial charge on any atom is -0.491 e. The number of rotatable bonds is 8. The van der Waals surface area contributed by atoms with E-state index in [1.165, 1.54) is 19.1 Å². The molecule has 0 bridgehead atoms. The highest BCUT2D eigenvalue weighted by molar-refractivity contribution is 7.92. The van der Waals surface area contributed by atoms with Crippen LogP contribution in [0.1, 0.15) is 33.3 Å². The van der Waals surface area contributed by atoms with Gasteiger partial charge in [0.1, 0.15) is 18.4 Å². The number of halogens is 2. The van der Waals surface area contributed by atoms with Crippen molar-refractivity contribution in [2.45, 2.75) is 39.2 Å². The van der Waals surface area contributed by atoms with Crippen LogP contribution < -0.4 is 14.4 Å². The lowest BCUT2D eigenvalue weighted by atomic mass is 9.86. The molecule has 9 heteroatoms. The van der Waals surface area contributed by atoms with Gasteiger partial charge in [-0.15, -0.1) is 0 Å². The Kier molecular flexibility index (Phi) is 8.25. The molecule has 0 aliphatic rings. The molecule has 6 nitrogen and oxygen atoms in total. The molecule has 1 amide bonds. The van der Waals surface area contributed by atoms with Crippen LogP contribution in [0.5, 0.6) is 5.75 Å². The molecule has 0 heterocycles. The van der Waals surface area contributed by atoms with Crippen molar-refractivity contribution in [1.29, 1.82) is 0 Å². The van der Waals surface area contributed by atoms with E-state index in [2.05, 4.69) is 26.1 Å². The van der Waals surface area contributed by atoms with E-state index in [0.29, 0.717) is 5.02 Å². The topological polar surface area (TPSA) is 75.7 Å². The fourth-order valence-electron chi connectivity index (χ4n) is 3.13. The second-order valence-electron chi connectivity index (χ2n) is 8.22. The molecule has 0 unspecified atom stereocenters. The quantitative estimate of drug-likeness (QED) is 0.551. The maximum Gasteiger partial charge on any atom is 0.243 e. The van der Waals surface area contributed by atoms with Gasteiger partial charge in [0.05, 0.1) is 23.5 Å². The number of hydrogen-bond donors (Lipinski definition) is 1. The van der Waals surface area contributed by atoms with Crippen LogP contribution in [0.15, 0.2) is 42.5 Å². The summed E-state index contributed by atoms with van der Waals surface area (Å²) in [6, 6.07) is 11.2. The second kappa shape index (κ2) is 10.1. The summed E-state index contributed by atoms with van der Waals surface area (Å²) in [5.74, 6) is 0.273. The van der Waals surface area contributed by atoms with Gasteiger partial charge in [-0.2, -0.15) is 0 Å². The number of ether oxygens (including phenoxy) is 1. The van der Waals surface area contributed by atoms with Crippen molar-refractivity contribution < 1.29 is 17.9 Å². The Morgan fingerprint density at radius 1 is 1.16 bits per heavy atom. The van der Waals surface area contributed by atoms with Crippen LogP contribution in [0, 0.1) is 0 Å². The van der Waals surface area contributed by atoms with Gasteiger partial charge in [-0.3, -0.25) is 9.10 Å². The molecule has 1 atom stereocenters. The first-order chi connectivity index (χ1) is 14.3. The van der Waals surface area contributed by atoms with E-state index < -0.39 is 22.0 Å². The van der Waals surface area contributed by atoms with Crippen molar-refractivity contribution in [3.05, 3.63) is 58.1 Å². The zero-order valence-electron chi connectivity index (χ0n) is 18.3. The summed E-state index contributed by atoms with van der Waals surface area (Å²) >= 11 is 12.2. The first-order valence-corrected chi connectivity index (χ1v) is 12.4. The van der Waals surface area contributed by atoms with Gasteiger partial charge in [-0.05, 0) is 42.2 Å². The fourth-order valence-corrected chi connectivity index (χ4v) is 4.73. The second-order valence-corrected chi connectivity index (χ2v) is 10.9. The van der Waals surface area contributed by atoms with Crippen molar-refractivity contribution in [2.24, 2.45) is 0 Å². The van der Waals surface area contributed by atoms with Crippen LogP contribution in [0.3, 0.4) is 0 Å². The average molecular weight is 487 g/mol. The molecule has 0 radical (unpaired) electrons. The summed E-state index contributed by atoms with van der Waals surface area (Å²) in [4.78, 5) is 12.7. The van der Waals surface area contributed by atoms with E-state index in [1.807, 2.05) is 24.3 Å². The number of carbonyl (C=O) groups excluding carboxylic acids is 1. The summed E-state index contributed by atoms with van der Waals surface area (Å²) in [7, 11) is -3.80. The normalized spacial score (nSPS) is 12.9. The maximum absolute atomic E-state index is 12.7. The van der Waals surface area contributed by atoms with Crippen molar-refractivity contribution in [2.75, 3.05) is 23.7 Å². The number of nitrogens with zero attached hydrogens (tertiary/aromatic N) is 1. The Hall–Kier alpha value is -1.96. The van der Waals surface area contributed by atoms with Crippen LogP contribution in [-0.4, -0.2) is 39.8 Å². The maximum atomic E-state index is 12.7. The predicted octanol–water partition coefficient (Wildman–Crippen LogP) is 4.64. The molecule has 2 aromatic carbocycles. The van der Waals surface area contributed by atoms with Gasteiger partial charge in [0.2, 0.25) is 15.9 Å². The third-order valence-corrected chi connectivity index (χ3v) is 6.37. The van der Waals surface area contributed by atoms with E-state index in [0.717, 1.165) is 21.9 Å². The Morgan fingerprint density at radius 2 is 1.81 bits per heavy atom. The van der Waals surface area contributed by atoms with Crippen molar-refractivity contribution >= 4 is 44.8 Å². The lowest BCUT2D eigenvalue weighted by molar-refractivity contribution is -0.121. The van der Waals surface area contributed by atoms with Crippen molar-refractivity contribution in [3.8, 4) is 5.75 Å². The molecule has 170 valence electrons. The zero-order chi connectivity index (χ0) is 23.4. The first-order valence-electron chi connectivity index (χ1n) is 9.77. The molecule has 2 rings (SSSR count). The Balaban J connectivity index is 2.07. The van der Waals surface area contributed by atoms with Crippen LogP contribution in [0.4, 0.5) is 5.69 Å². The summed E-state index contributed by atoms with van der Waals surface area (Å²) in [5, 5.41) is 3.21. The molecule has 0 saturated carbocycles. The van der Waals surface area contributed by atoms with E-state index in [4.69, 9.17) is 27.9 Å².